The van der Waals surface area contributed by atoms with Gasteiger partial charge in [-0.15, -0.1) is 0 Å². The molecule has 1 amide bonds. The molecule has 0 fully saturated rings. The number of aliphatic hydroxyl groups excluding tert-OH is 1. The minimum absolute atomic E-state index is 0.0328. The highest BCUT2D eigenvalue weighted by molar-refractivity contribution is 6.30. The van der Waals surface area contributed by atoms with E-state index in [1.165, 1.54) is 6.08 Å². The van der Waals surface area contributed by atoms with E-state index in [2.05, 4.69) is 0 Å². The Morgan fingerprint density at radius 2 is 2.22 bits per heavy atom. The van der Waals surface area contributed by atoms with Gasteiger partial charge < -0.3 is 10.0 Å². The molecule has 1 aromatic carbocycles. The zero-order valence-corrected chi connectivity index (χ0v) is 11.4. The van der Waals surface area contributed by atoms with Gasteiger partial charge in [-0.25, -0.2) is 0 Å². The number of hydrogen-bond acceptors (Lipinski definition) is 2. The predicted molar refractivity (Wildman–Crippen MR) is 74.4 cm³/mol. The Morgan fingerprint density at radius 1 is 1.50 bits per heavy atom. The minimum atomic E-state index is -0.112. The highest BCUT2D eigenvalue weighted by Gasteiger charge is 2.13. The third-order valence-corrected chi connectivity index (χ3v) is 2.75. The molecule has 0 heterocycles. The van der Waals surface area contributed by atoms with Crippen LogP contribution in [0, 0.1) is 0 Å². The molecule has 0 spiro atoms. The monoisotopic (exact) mass is 267 g/mol. The van der Waals surface area contributed by atoms with Crippen LogP contribution < -0.4 is 0 Å². The van der Waals surface area contributed by atoms with Crippen molar-refractivity contribution in [2.75, 3.05) is 13.2 Å². The standard InChI is InChI=1S/C14H18ClNO2/c1-11(2)16(8-9-17)14(18)7-6-12-4-3-5-13(15)10-12/h3-7,10-11,17H,8-9H2,1-2H3/b7-6+. The van der Waals surface area contributed by atoms with Crippen LogP contribution in [0.5, 0.6) is 0 Å². The van der Waals surface area contributed by atoms with Gasteiger partial charge in [0.25, 0.3) is 0 Å². The first kappa shape index (κ1) is 14.7. The molecule has 0 radical (unpaired) electrons. The molecule has 0 aliphatic heterocycles. The van der Waals surface area contributed by atoms with E-state index in [-0.39, 0.29) is 18.6 Å². The molecule has 0 saturated heterocycles. The van der Waals surface area contributed by atoms with Gasteiger partial charge in [0.1, 0.15) is 0 Å². The number of carbonyl (C=O) groups is 1. The van der Waals surface area contributed by atoms with E-state index in [0.29, 0.717) is 11.6 Å². The van der Waals surface area contributed by atoms with Crippen LogP contribution in [-0.2, 0) is 4.79 Å². The van der Waals surface area contributed by atoms with Crippen LogP contribution in [-0.4, -0.2) is 35.1 Å². The van der Waals surface area contributed by atoms with Crippen molar-refractivity contribution in [2.24, 2.45) is 0 Å². The Morgan fingerprint density at radius 3 is 2.78 bits per heavy atom. The summed E-state index contributed by atoms with van der Waals surface area (Å²) in [7, 11) is 0. The normalized spacial score (nSPS) is 11.2. The number of benzene rings is 1. The minimum Gasteiger partial charge on any atom is -0.395 e. The topological polar surface area (TPSA) is 40.5 Å². The molecule has 0 aromatic heterocycles. The fourth-order valence-electron chi connectivity index (χ4n) is 1.60. The molecule has 0 aliphatic carbocycles. The number of aliphatic hydroxyl groups is 1. The molecule has 98 valence electrons. The summed E-state index contributed by atoms with van der Waals surface area (Å²) >= 11 is 5.86. The number of amides is 1. The van der Waals surface area contributed by atoms with Crippen LogP contribution in [0.15, 0.2) is 30.3 Å². The summed E-state index contributed by atoms with van der Waals surface area (Å²) in [6.07, 6.45) is 3.22. The van der Waals surface area contributed by atoms with Crippen molar-refractivity contribution in [3.8, 4) is 0 Å². The summed E-state index contributed by atoms with van der Waals surface area (Å²) in [5.41, 5.74) is 0.878. The molecule has 0 atom stereocenters. The average molecular weight is 268 g/mol. The van der Waals surface area contributed by atoms with Crippen LogP contribution in [0.2, 0.25) is 5.02 Å². The van der Waals surface area contributed by atoms with Gasteiger partial charge in [0.05, 0.1) is 6.61 Å². The van der Waals surface area contributed by atoms with Gasteiger partial charge in [-0.05, 0) is 37.6 Å². The lowest BCUT2D eigenvalue weighted by Gasteiger charge is -2.24. The molecule has 4 heteroatoms. The Labute approximate surface area is 113 Å². The highest BCUT2D eigenvalue weighted by Crippen LogP contribution is 2.12. The molecule has 18 heavy (non-hydrogen) atoms. The Balaban J connectivity index is 2.73. The third-order valence-electron chi connectivity index (χ3n) is 2.51. The summed E-state index contributed by atoms with van der Waals surface area (Å²) < 4.78 is 0. The molecular formula is C14H18ClNO2. The molecule has 1 N–H and O–H groups in total. The van der Waals surface area contributed by atoms with E-state index in [9.17, 15) is 4.79 Å². The molecule has 0 bridgehead atoms. The molecule has 0 saturated carbocycles. The quantitative estimate of drug-likeness (QED) is 0.833. The molecular weight excluding hydrogens is 250 g/mol. The van der Waals surface area contributed by atoms with Gasteiger partial charge in [-0.3, -0.25) is 4.79 Å². The summed E-state index contributed by atoms with van der Waals surface area (Å²) in [5, 5.41) is 9.56. The second-order valence-electron chi connectivity index (χ2n) is 4.24. The second-order valence-corrected chi connectivity index (χ2v) is 4.67. The van der Waals surface area contributed by atoms with E-state index in [1.54, 1.807) is 23.1 Å². The van der Waals surface area contributed by atoms with Crippen molar-refractivity contribution >= 4 is 23.6 Å². The number of nitrogens with zero attached hydrogens (tertiary/aromatic N) is 1. The number of halogens is 1. The smallest absolute Gasteiger partial charge is 0.246 e. The van der Waals surface area contributed by atoms with Crippen LogP contribution in [0.4, 0.5) is 0 Å². The highest BCUT2D eigenvalue weighted by atomic mass is 35.5. The molecule has 0 aliphatic rings. The lowest BCUT2D eigenvalue weighted by Crippen LogP contribution is -2.37. The first-order valence-corrected chi connectivity index (χ1v) is 6.27. The van der Waals surface area contributed by atoms with Crippen LogP contribution >= 0.6 is 11.6 Å². The van der Waals surface area contributed by atoms with E-state index in [0.717, 1.165) is 5.56 Å². The SMILES string of the molecule is CC(C)N(CCO)C(=O)/C=C/c1cccc(Cl)c1. The maximum absolute atomic E-state index is 11.9. The molecule has 3 nitrogen and oxygen atoms in total. The largest absolute Gasteiger partial charge is 0.395 e. The molecule has 1 aromatic rings. The zero-order chi connectivity index (χ0) is 13.5. The van der Waals surface area contributed by atoms with E-state index >= 15 is 0 Å². The third kappa shape index (κ3) is 4.51. The van der Waals surface area contributed by atoms with Crippen LogP contribution in [0.25, 0.3) is 6.08 Å². The maximum Gasteiger partial charge on any atom is 0.246 e. The summed E-state index contributed by atoms with van der Waals surface area (Å²) in [4.78, 5) is 13.5. The van der Waals surface area contributed by atoms with Gasteiger partial charge in [-0.1, -0.05) is 23.7 Å². The Hall–Kier alpha value is -1.32. The fraction of sp³-hybridized carbons (Fsp3) is 0.357. The van der Waals surface area contributed by atoms with E-state index < -0.39 is 0 Å². The lowest BCUT2D eigenvalue weighted by atomic mass is 10.2. The van der Waals surface area contributed by atoms with Crippen molar-refractivity contribution in [3.05, 3.63) is 40.9 Å². The number of carbonyl (C=O) groups excluding carboxylic acids is 1. The molecule has 1 rings (SSSR count). The molecule has 0 unspecified atom stereocenters. The Bertz CT molecular complexity index is 430. The van der Waals surface area contributed by atoms with Crippen molar-refractivity contribution in [2.45, 2.75) is 19.9 Å². The van der Waals surface area contributed by atoms with E-state index in [4.69, 9.17) is 16.7 Å². The first-order valence-electron chi connectivity index (χ1n) is 5.89. The number of hydrogen-bond donors (Lipinski definition) is 1. The van der Waals surface area contributed by atoms with Gasteiger partial charge in [0.2, 0.25) is 5.91 Å². The van der Waals surface area contributed by atoms with E-state index in [1.807, 2.05) is 26.0 Å². The predicted octanol–water partition coefficient (Wildman–Crippen LogP) is 2.58. The van der Waals surface area contributed by atoms with Crippen LogP contribution in [0.3, 0.4) is 0 Å². The van der Waals surface area contributed by atoms with Gasteiger partial charge >= 0.3 is 0 Å². The maximum atomic E-state index is 11.9. The fourth-order valence-corrected chi connectivity index (χ4v) is 1.80. The summed E-state index contributed by atoms with van der Waals surface area (Å²) in [5.74, 6) is -0.112. The average Bonchev–Trinajstić information content (AvgIpc) is 2.32. The van der Waals surface area contributed by atoms with Crippen molar-refractivity contribution in [3.63, 3.8) is 0 Å². The second kappa shape index (κ2) is 7.19. The van der Waals surface area contributed by atoms with Crippen molar-refractivity contribution < 1.29 is 9.90 Å². The van der Waals surface area contributed by atoms with Crippen molar-refractivity contribution in [1.82, 2.24) is 4.90 Å². The lowest BCUT2D eigenvalue weighted by molar-refractivity contribution is -0.128. The van der Waals surface area contributed by atoms with Gasteiger partial charge in [0, 0.05) is 23.7 Å². The zero-order valence-electron chi connectivity index (χ0n) is 10.6. The van der Waals surface area contributed by atoms with Crippen LogP contribution in [0.1, 0.15) is 19.4 Å². The first-order chi connectivity index (χ1) is 8.54. The van der Waals surface area contributed by atoms with Crippen molar-refractivity contribution in [1.29, 1.82) is 0 Å². The Kier molecular flexibility index (Phi) is 5.89. The summed E-state index contributed by atoms with van der Waals surface area (Å²) in [6, 6.07) is 7.35. The number of rotatable bonds is 5. The summed E-state index contributed by atoms with van der Waals surface area (Å²) in [6.45, 7) is 4.15. The van der Waals surface area contributed by atoms with Gasteiger partial charge in [-0.2, -0.15) is 0 Å². The van der Waals surface area contributed by atoms with Gasteiger partial charge in [0.15, 0.2) is 0 Å².